The van der Waals surface area contributed by atoms with Gasteiger partial charge in [-0.3, -0.25) is 9.78 Å². The van der Waals surface area contributed by atoms with Gasteiger partial charge in [0.15, 0.2) is 27.5 Å². The lowest BCUT2D eigenvalue weighted by Gasteiger charge is -2.23. The molecule has 0 N–H and O–H groups in total. The number of ether oxygens (including phenoxy) is 1. The molecule has 0 amide bonds. The number of nitrogens with zero attached hydrogens (tertiary/aromatic N) is 12. The zero-order valence-electron chi connectivity index (χ0n) is 57.9. The normalized spacial score (nSPS) is 11.3. The molecule has 0 fully saturated rings. The maximum Gasteiger partial charge on any atom is 0.261 e. The highest BCUT2D eigenvalue weighted by atomic mass is 32.2. The lowest BCUT2D eigenvalue weighted by atomic mass is 10.0. The zero-order valence-corrected chi connectivity index (χ0v) is 60.4. The van der Waals surface area contributed by atoms with Gasteiger partial charge in [0.1, 0.15) is 35.1 Å². The van der Waals surface area contributed by atoms with Crippen LogP contribution >= 0.6 is 0 Å². The van der Waals surface area contributed by atoms with Crippen LogP contribution in [-0.4, -0.2) is 107 Å². The van der Waals surface area contributed by atoms with Crippen molar-refractivity contribution in [3.8, 4) is 39.7 Å². The van der Waals surface area contributed by atoms with E-state index in [1.54, 1.807) is 124 Å². The van der Waals surface area contributed by atoms with Crippen LogP contribution in [0.2, 0.25) is 0 Å². The average Bonchev–Trinajstić information content (AvgIpc) is 0.810. The van der Waals surface area contributed by atoms with E-state index in [1.807, 2.05) is 127 Å². The molecule has 0 atom stereocenters. The van der Waals surface area contributed by atoms with Crippen molar-refractivity contribution in [2.45, 2.75) is 108 Å². The number of Topliss-reactive ketones (excluding diaryl/α,β-unsaturated/α-hetero) is 3. The van der Waals surface area contributed by atoms with Gasteiger partial charge in [-0.05, 0) is 144 Å². The van der Waals surface area contributed by atoms with Gasteiger partial charge in [-0.2, -0.15) is 12.9 Å². The smallest absolute Gasteiger partial charge is 0.261 e. The summed E-state index contributed by atoms with van der Waals surface area (Å²) >= 11 is 0. The molecule has 6 aromatic carbocycles. The van der Waals surface area contributed by atoms with Crippen molar-refractivity contribution in [3.05, 3.63) is 319 Å². The molecule has 0 radical (unpaired) electrons. The second-order valence-electron chi connectivity index (χ2n) is 24.4. The quantitative estimate of drug-likeness (QED) is 0.0404. The molecule has 25 heteroatoms. The van der Waals surface area contributed by atoms with E-state index in [4.69, 9.17) is 4.74 Å². The van der Waals surface area contributed by atoms with Crippen LogP contribution in [0, 0.1) is 0 Å². The molecular formula is C81H80N12O10S3. The maximum atomic E-state index is 13.6. The fourth-order valence-electron chi connectivity index (χ4n) is 10.8. The fraction of sp³-hybridized carbons (Fsp3) is 0.185. The van der Waals surface area contributed by atoms with Crippen LogP contribution in [0.25, 0.3) is 33.9 Å². The molecule has 0 aliphatic carbocycles. The third-order valence-electron chi connectivity index (χ3n) is 16.2. The van der Waals surface area contributed by atoms with E-state index in [2.05, 4.69) is 44.9 Å². The molecule has 6 heterocycles. The highest BCUT2D eigenvalue weighted by molar-refractivity contribution is 7.89. The number of rotatable bonds is 30. The van der Waals surface area contributed by atoms with E-state index in [1.165, 1.54) is 56.9 Å². The first-order valence-corrected chi connectivity index (χ1v) is 37.7. The van der Waals surface area contributed by atoms with Crippen LogP contribution in [0.5, 0.6) is 5.75 Å². The summed E-state index contributed by atoms with van der Waals surface area (Å²) in [5.41, 5.74) is 10.4. The van der Waals surface area contributed by atoms with Crippen LogP contribution in [0.4, 0.5) is 0 Å². The summed E-state index contributed by atoms with van der Waals surface area (Å²) in [4.78, 5) is 71.5. The molecular weight excluding hydrogens is 1400 g/mol. The van der Waals surface area contributed by atoms with Gasteiger partial charge < -0.3 is 14.3 Å². The van der Waals surface area contributed by atoms with E-state index in [-0.39, 0.29) is 85.6 Å². The van der Waals surface area contributed by atoms with E-state index < -0.39 is 30.1 Å². The van der Waals surface area contributed by atoms with Gasteiger partial charge in [-0.15, -0.1) is 0 Å². The highest BCUT2D eigenvalue weighted by Gasteiger charge is 2.29. The first kappa shape index (κ1) is 78.7. The molecule has 0 aliphatic rings. The number of sulfonamides is 3. The Morgan fingerprint density at radius 2 is 0.736 bits per heavy atom. The van der Waals surface area contributed by atoms with Crippen LogP contribution in [-0.2, 0) is 96.6 Å². The average molecular weight is 1480 g/mol. The fourth-order valence-corrected chi connectivity index (χ4v) is 14.9. The minimum atomic E-state index is -3.90. The van der Waals surface area contributed by atoms with E-state index in [0.29, 0.717) is 43.1 Å². The van der Waals surface area contributed by atoms with Gasteiger partial charge in [-0.25, -0.2) is 65.1 Å². The number of hydrogen-bond donors (Lipinski definition) is 0. The Morgan fingerprint density at radius 3 is 1.14 bits per heavy atom. The second-order valence-corrected chi connectivity index (χ2v) is 30.1. The molecule has 106 heavy (non-hydrogen) atoms. The number of aryl methyl sites for hydroxylation is 2. The van der Waals surface area contributed by atoms with Gasteiger partial charge >= 0.3 is 0 Å². The molecule has 0 saturated heterocycles. The number of hydrogen-bond acceptors (Lipinski definition) is 19. The predicted octanol–water partition coefficient (Wildman–Crippen LogP) is 13.4. The second kappa shape index (κ2) is 38.3. The Hall–Kier alpha value is -11.5. The number of aromatic nitrogens is 9. The molecule has 12 aromatic rings. The Morgan fingerprint density at radius 1 is 0.340 bits per heavy atom. The van der Waals surface area contributed by atoms with Gasteiger partial charge in [0.2, 0.25) is 10.0 Å². The number of carbonyl (C=O) groups is 3. The summed E-state index contributed by atoms with van der Waals surface area (Å²) in [5.74, 6) is 1.86. The summed E-state index contributed by atoms with van der Waals surface area (Å²) in [6.07, 6.45) is 19.7. The SMILES string of the molecule is C.CC(=O)CCc1cccc(CN(Cc2ccc(-c3cncnc3)cc2)S(=O)(=O)c2ccccn2)c1.CC(=O)CCc1cccc(CN(Cc2ccc(-c3ncccn3)cc2)S(=O)(=O)c2cccnc2)c1.CC(=O)COc1cccc(CN(Cc2ccc(-c3ncccn3)cc2)S(=O)(=O)c2ccccn2)c1. The highest BCUT2D eigenvalue weighted by Crippen LogP contribution is 2.28. The van der Waals surface area contributed by atoms with Gasteiger partial charge in [0.05, 0.1) is 0 Å². The number of pyridine rings is 3. The largest absolute Gasteiger partial charge is 0.486 e. The molecule has 6 aromatic heterocycles. The molecule has 12 rings (SSSR count). The van der Waals surface area contributed by atoms with Crippen molar-refractivity contribution in [3.63, 3.8) is 0 Å². The van der Waals surface area contributed by atoms with Gasteiger partial charge in [-0.1, -0.05) is 153 Å². The molecule has 0 bridgehead atoms. The molecule has 0 aliphatic heterocycles. The maximum absolute atomic E-state index is 13.6. The monoisotopic (exact) mass is 1480 g/mol. The summed E-state index contributed by atoms with van der Waals surface area (Å²) in [7, 11) is -11.6. The number of ketones is 3. The van der Waals surface area contributed by atoms with E-state index >= 15 is 0 Å². The Balaban J connectivity index is 0.000000183. The first-order valence-electron chi connectivity index (χ1n) is 33.4. The Labute approximate surface area is 619 Å². The molecule has 0 spiro atoms. The van der Waals surface area contributed by atoms with Crippen LogP contribution in [0.1, 0.15) is 85.5 Å². The standard InChI is InChI=1S/2C27H26N4O3S.C26H24N4O4S.CH4/c1-21(32)8-9-22-5-2-6-24(17-22)20-31(35(33,34)26-7-3-14-28-18-26)19-23-10-12-25(13-11-23)27-29-15-4-16-30-27;1-21(32)8-9-22-5-4-6-24(15-22)19-31(35(33,34)27-7-2-3-14-30-27)18-23-10-12-25(13-11-23)26-16-28-20-29-17-26;1-20(31)19-34-24-7-4-6-22(16-24)18-30(35(32,33)25-8-2-3-13-27-25)17-21-9-11-23(12-10-21)26-28-14-5-15-29-26;/h2-7,10-18H,8-9,19-20H2,1H3;2-7,10-17,20H,8-9,18-19H2,1H3;2-16H,17-19H2,1H3;1H4. The zero-order chi connectivity index (χ0) is 74.0. The third-order valence-corrected chi connectivity index (χ3v) is 21.4. The molecule has 0 unspecified atom stereocenters. The number of carbonyl (C=O) groups excluding carboxylic acids is 3. The van der Waals surface area contributed by atoms with Crippen LogP contribution in [0.3, 0.4) is 0 Å². The van der Waals surface area contributed by atoms with Crippen molar-refractivity contribution < 1.29 is 44.4 Å². The summed E-state index contributed by atoms with van der Waals surface area (Å²) in [5, 5.41) is -0.0240. The third kappa shape index (κ3) is 23.0. The summed E-state index contributed by atoms with van der Waals surface area (Å²) in [6, 6.07) is 61.5. The van der Waals surface area contributed by atoms with Gasteiger partial charge in [0.25, 0.3) is 20.0 Å². The van der Waals surface area contributed by atoms with E-state index in [9.17, 15) is 39.6 Å². The first-order chi connectivity index (χ1) is 50.7. The van der Waals surface area contributed by atoms with Crippen molar-refractivity contribution in [2.24, 2.45) is 0 Å². The van der Waals surface area contributed by atoms with Crippen molar-refractivity contribution in [2.75, 3.05) is 6.61 Å². The van der Waals surface area contributed by atoms with Crippen LogP contribution < -0.4 is 4.74 Å². The molecule has 542 valence electrons. The lowest BCUT2D eigenvalue weighted by molar-refractivity contribution is -0.119. The Kier molecular flexibility index (Phi) is 28.5. The van der Waals surface area contributed by atoms with Crippen molar-refractivity contribution >= 4 is 47.4 Å². The van der Waals surface area contributed by atoms with Crippen molar-refractivity contribution in [1.29, 1.82) is 0 Å². The van der Waals surface area contributed by atoms with Crippen molar-refractivity contribution in [1.82, 2.24) is 57.8 Å². The minimum Gasteiger partial charge on any atom is -0.486 e. The van der Waals surface area contributed by atoms with E-state index in [0.717, 1.165) is 66.8 Å². The predicted molar refractivity (Wildman–Crippen MR) is 405 cm³/mol. The minimum absolute atomic E-state index is 0. The summed E-state index contributed by atoms with van der Waals surface area (Å²) < 4.78 is 90.9. The summed E-state index contributed by atoms with van der Waals surface area (Å²) in [6.45, 7) is 5.51. The topological polar surface area (TPSA) is 289 Å². The molecule has 22 nitrogen and oxygen atoms in total. The molecule has 0 saturated carbocycles. The van der Waals surface area contributed by atoms with Crippen LogP contribution in [0.15, 0.2) is 289 Å². The van der Waals surface area contributed by atoms with Gasteiger partial charge in [0, 0.05) is 131 Å². The lowest BCUT2D eigenvalue weighted by Crippen LogP contribution is -2.31. The number of benzene rings is 6. The Bertz CT molecular complexity index is 4650.